The number of anilines is 1. The Hall–Kier alpha value is -1.98. The van der Waals surface area contributed by atoms with Gasteiger partial charge in [-0.25, -0.2) is 4.98 Å². The van der Waals surface area contributed by atoms with E-state index in [2.05, 4.69) is 10.3 Å². The van der Waals surface area contributed by atoms with Gasteiger partial charge in [-0.2, -0.15) is 13.2 Å². The molecule has 3 nitrogen and oxygen atoms in total. The molecule has 0 unspecified atom stereocenters. The quantitative estimate of drug-likeness (QED) is 0.855. The van der Waals surface area contributed by atoms with E-state index in [1.54, 1.807) is 18.2 Å². The summed E-state index contributed by atoms with van der Waals surface area (Å²) in [6.07, 6.45) is -0.896. The molecule has 2 aliphatic rings. The first-order chi connectivity index (χ1) is 9.54. The smallest absolute Gasteiger partial charge is 0.412 e. The van der Waals surface area contributed by atoms with Crippen LogP contribution in [0.4, 0.5) is 19.0 Å². The summed E-state index contributed by atoms with van der Waals surface area (Å²) in [4.78, 5) is 4.34. The molecule has 1 aliphatic heterocycles. The molecule has 1 N–H and O–H groups in total. The van der Waals surface area contributed by atoms with E-state index in [4.69, 9.17) is 4.74 Å². The zero-order valence-corrected chi connectivity index (χ0v) is 10.6. The second-order valence-corrected chi connectivity index (χ2v) is 4.68. The lowest BCUT2D eigenvalue weighted by atomic mass is 9.97. The molecule has 0 bridgehead atoms. The summed E-state index contributed by atoms with van der Waals surface area (Å²) >= 11 is 0. The first-order valence-corrected chi connectivity index (χ1v) is 6.40. The third-order valence-corrected chi connectivity index (χ3v) is 3.28. The van der Waals surface area contributed by atoms with Gasteiger partial charge >= 0.3 is 6.18 Å². The highest BCUT2D eigenvalue weighted by atomic mass is 19.4. The topological polar surface area (TPSA) is 34.2 Å². The van der Waals surface area contributed by atoms with Crippen LogP contribution in [0.25, 0.3) is 5.57 Å². The fraction of sp³-hybridized carbons (Fsp3) is 0.357. The zero-order valence-electron chi connectivity index (χ0n) is 10.6. The molecule has 0 radical (unpaired) electrons. The van der Waals surface area contributed by atoms with Gasteiger partial charge in [0.1, 0.15) is 6.61 Å². The molecule has 20 heavy (non-hydrogen) atoms. The number of rotatable bonds is 1. The Labute approximate surface area is 114 Å². The van der Waals surface area contributed by atoms with E-state index in [1.165, 1.54) is 6.08 Å². The molecule has 1 aromatic heterocycles. The van der Waals surface area contributed by atoms with E-state index >= 15 is 0 Å². The summed E-state index contributed by atoms with van der Waals surface area (Å²) in [5.74, 6) is 1.22. The van der Waals surface area contributed by atoms with Crippen LogP contribution in [0.1, 0.15) is 18.5 Å². The maximum atomic E-state index is 12.8. The number of pyridine rings is 1. The average molecular weight is 282 g/mol. The van der Waals surface area contributed by atoms with Crippen LogP contribution in [0.3, 0.4) is 0 Å². The van der Waals surface area contributed by atoms with Gasteiger partial charge in [-0.1, -0.05) is 6.08 Å². The van der Waals surface area contributed by atoms with Crippen LogP contribution < -0.4 is 10.1 Å². The molecule has 0 amide bonds. The maximum Gasteiger partial charge on any atom is 0.412 e. The Morgan fingerprint density at radius 1 is 1.25 bits per heavy atom. The summed E-state index contributed by atoms with van der Waals surface area (Å²) < 4.78 is 43.7. The Balaban J connectivity index is 1.93. The minimum absolute atomic E-state index is 0.0271. The van der Waals surface area contributed by atoms with Crippen LogP contribution in [-0.2, 0) is 0 Å². The number of nitrogens with one attached hydrogen (secondary N) is 1. The van der Waals surface area contributed by atoms with E-state index in [0.29, 0.717) is 42.4 Å². The molecule has 0 saturated carbocycles. The van der Waals surface area contributed by atoms with Crippen molar-refractivity contribution in [3.63, 3.8) is 0 Å². The van der Waals surface area contributed by atoms with Crippen molar-refractivity contribution >= 4 is 11.4 Å². The van der Waals surface area contributed by atoms with Crippen LogP contribution in [0.15, 0.2) is 29.9 Å². The third kappa shape index (κ3) is 2.50. The summed E-state index contributed by atoms with van der Waals surface area (Å²) in [5, 5.41) is 3.08. The molecule has 0 saturated heterocycles. The number of hydrogen-bond acceptors (Lipinski definition) is 3. The number of hydrogen-bond donors (Lipinski definition) is 1. The summed E-state index contributed by atoms with van der Waals surface area (Å²) in [6, 6.07) is 3.42. The molecule has 2 heterocycles. The predicted octanol–water partition coefficient (Wildman–Crippen LogP) is 3.55. The minimum atomic E-state index is -4.27. The van der Waals surface area contributed by atoms with Crippen LogP contribution in [0.2, 0.25) is 0 Å². The Bertz CT molecular complexity index is 591. The third-order valence-electron chi connectivity index (χ3n) is 3.28. The number of halogens is 3. The van der Waals surface area contributed by atoms with Crippen molar-refractivity contribution in [2.75, 3.05) is 18.5 Å². The zero-order chi connectivity index (χ0) is 14.2. The van der Waals surface area contributed by atoms with Gasteiger partial charge in [-0.05, 0) is 36.6 Å². The number of fused-ring (bicyclic) bond motifs is 1. The molecule has 3 rings (SSSR count). The van der Waals surface area contributed by atoms with E-state index in [-0.39, 0.29) is 6.42 Å². The van der Waals surface area contributed by atoms with Crippen LogP contribution in [0, 0.1) is 0 Å². The van der Waals surface area contributed by atoms with Crippen LogP contribution >= 0.6 is 0 Å². The summed E-state index contributed by atoms with van der Waals surface area (Å²) in [6.45, 7) is 1.21. The fourth-order valence-electron chi connectivity index (χ4n) is 2.28. The van der Waals surface area contributed by atoms with Gasteiger partial charge in [0.25, 0.3) is 0 Å². The Morgan fingerprint density at radius 2 is 2.10 bits per heavy atom. The van der Waals surface area contributed by atoms with Crippen LogP contribution in [0.5, 0.6) is 5.75 Å². The van der Waals surface area contributed by atoms with Crippen molar-refractivity contribution in [3.8, 4) is 5.75 Å². The SMILES string of the molecule is FC(F)(F)C1=CC(c2ccc3c(n2)NCCO3)=CCC1. The van der Waals surface area contributed by atoms with E-state index in [1.807, 2.05) is 0 Å². The lowest BCUT2D eigenvalue weighted by molar-refractivity contribution is -0.0939. The van der Waals surface area contributed by atoms with Crippen LogP contribution in [-0.4, -0.2) is 24.3 Å². The van der Waals surface area contributed by atoms with Crippen molar-refractivity contribution in [1.82, 2.24) is 4.98 Å². The highest BCUT2D eigenvalue weighted by Crippen LogP contribution is 2.36. The molecular formula is C14H13F3N2O. The highest BCUT2D eigenvalue weighted by Gasteiger charge is 2.34. The lowest BCUT2D eigenvalue weighted by Crippen LogP contribution is -2.19. The Morgan fingerprint density at radius 3 is 2.90 bits per heavy atom. The molecule has 0 atom stereocenters. The van der Waals surface area contributed by atoms with Crippen molar-refractivity contribution in [2.24, 2.45) is 0 Å². The molecule has 6 heteroatoms. The normalized spacial score (nSPS) is 18.4. The lowest BCUT2D eigenvalue weighted by Gasteiger charge is -2.20. The van der Waals surface area contributed by atoms with Crippen molar-refractivity contribution in [3.05, 3.63) is 35.6 Å². The summed E-state index contributed by atoms with van der Waals surface area (Å²) in [5.41, 5.74) is 0.542. The highest BCUT2D eigenvalue weighted by molar-refractivity contribution is 5.75. The number of ether oxygens (including phenoxy) is 1. The number of aromatic nitrogens is 1. The van der Waals surface area contributed by atoms with Crippen molar-refractivity contribution in [2.45, 2.75) is 19.0 Å². The first kappa shape index (κ1) is 13.0. The van der Waals surface area contributed by atoms with Gasteiger partial charge in [0, 0.05) is 5.57 Å². The van der Waals surface area contributed by atoms with Gasteiger partial charge in [0.15, 0.2) is 11.6 Å². The molecule has 0 aromatic carbocycles. The van der Waals surface area contributed by atoms with Crippen molar-refractivity contribution < 1.29 is 17.9 Å². The van der Waals surface area contributed by atoms with Gasteiger partial charge < -0.3 is 10.1 Å². The summed E-state index contributed by atoms with van der Waals surface area (Å²) in [7, 11) is 0. The second-order valence-electron chi connectivity index (χ2n) is 4.68. The molecule has 1 aliphatic carbocycles. The Kier molecular flexibility index (Phi) is 3.16. The largest absolute Gasteiger partial charge is 0.488 e. The molecule has 0 fully saturated rings. The number of allylic oxidation sites excluding steroid dienone is 4. The fourth-order valence-corrected chi connectivity index (χ4v) is 2.28. The number of alkyl halides is 3. The average Bonchev–Trinajstić information content (AvgIpc) is 2.46. The molecular weight excluding hydrogens is 269 g/mol. The molecule has 106 valence electrons. The minimum Gasteiger partial charge on any atom is -0.488 e. The second kappa shape index (κ2) is 4.85. The predicted molar refractivity (Wildman–Crippen MR) is 69.6 cm³/mol. The van der Waals surface area contributed by atoms with E-state index in [0.717, 1.165) is 0 Å². The van der Waals surface area contributed by atoms with Gasteiger partial charge in [-0.15, -0.1) is 0 Å². The maximum absolute atomic E-state index is 12.8. The van der Waals surface area contributed by atoms with E-state index < -0.39 is 11.7 Å². The monoisotopic (exact) mass is 282 g/mol. The molecule has 0 spiro atoms. The van der Waals surface area contributed by atoms with Gasteiger partial charge in [-0.3, -0.25) is 0 Å². The van der Waals surface area contributed by atoms with Gasteiger partial charge in [0.2, 0.25) is 0 Å². The number of nitrogens with zero attached hydrogens (tertiary/aromatic N) is 1. The van der Waals surface area contributed by atoms with E-state index in [9.17, 15) is 13.2 Å². The van der Waals surface area contributed by atoms with Crippen molar-refractivity contribution in [1.29, 1.82) is 0 Å². The first-order valence-electron chi connectivity index (χ1n) is 6.40. The standard InChI is InChI=1S/C14H13F3N2O/c15-14(16,17)10-3-1-2-9(8-10)11-4-5-12-13(19-11)18-6-7-20-12/h2,4-5,8H,1,3,6-7H2,(H,18,19). The molecule has 1 aromatic rings. The van der Waals surface area contributed by atoms with Gasteiger partial charge in [0.05, 0.1) is 12.2 Å².